The Labute approximate surface area is 127 Å². The molecule has 0 unspecified atom stereocenters. The number of Topliss-reactive ketones (excluding diaryl/α,β-unsaturated/α-hetero) is 1. The molecule has 0 N–H and O–H groups in total. The molecule has 2 aromatic carbocycles. The molecular formula is C16H13Cl2FO. The Bertz CT molecular complexity index is 657. The molecule has 0 spiro atoms. The third kappa shape index (κ3) is 3.20. The molecule has 0 saturated heterocycles. The summed E-state index contributed by atoms with van der Waals surface area (Å²) in [6.07, 6.45) is 0.210. The first kappa shape index (κ1) is 15.0. The monoisotopic (exact) mass is 310 g/mol. The standard InChI is InChI=1S/C16H13Cl2FO/c1-9-5-12(6-10(2)16(9)19)15(20)8-11-3-4-13(17)14(18)7-11/h3-7H,8H2,1-2H3. The molecule has 0 bridgehead atoms. The summed E-state index contributed by atoms with van der Waals surface area (Å²) in [4.78, 5) is 12.2. The number of ketones is 1. The third-order valence-electron chi connectivity index (χ3n) is 3.11. The van der Waals surface area contributed by atoms with Gasteiger partial charge >= 0.3 is 0 Å². The quantitative estimate of drug-likeness (QED) is 0.714. The van der Waals surface area contributed by atoms with Crippen molar-refractivity contribution in [3.8, 4) is 0 Å². The molecule has 2 rings (SSSR count). The Morgan fingerprint density at radius 1 is 1.05 bits per heavy atom. The zero-order valence-corrected chi connectivity index (χ0v) is 12.6. The highest BCUT2D eigenvalue weighted by Crippen LogP contribution is 2.23. The number of aryl methyl sites for hydroxylation is 2. The summed E-state index contributed by atoms with van der Waals surface area (Å²) in [5.74, 6) is -0.342. The van der Waals surface area contributed by atoms with Gasteiger partial charge in [0, 0.05) is 12.0 Å². The number of benzene rings is 2. The Morgan fingerprint density at radius 3 is 2.20 bits per heavy atom. The average molecular weight is 311 g/mol. The van der Waals surface area contributed by atoms with Crippen LogP contribution in [0.2, 0.25) is 10.0 Å². The number of carbonyl (C=O) groups excluding carboxylic acids is 1. The lowest BCUT2D eigenvalue weighted by Gasteiger charge is -2.07. The van der Waals surface area contributed by atoms with Crippen molar-refractivity contribution in [1.29, 1.82) is 0 Å². The molecule has 0 saturated carbocycles. The van der Waals surface area contributed by atoms with E-state index in [0.29, 0.717) is 26.7 Å². The Hall–Kier alpha value is -1.38. The van der Waals surface area contributed by atoms with Gasteiger partial charge in [-0.25, -0.2) is 4.39 Å². The Kier molecular flexibility index (Phi) is 4.46. The van der Waals surface area contributed by atoms with E-state index in [-0.39, 0.29) is 18.0 Å². The molecule has 0 aliphatic heterocycles. The summed E-state index contributed by atoms with van der Waals surface area (Å²) >= 11 is 11.8. The predicted octanol–water partition coefficient (Wildman–Crippen LogP) is 5.17. The summed E-state index contributed by atoms with van der Waals surface area (Å²) in [6.45, 7) is 3.30. The van der Waals surface area contributed by atoms with Crippen molar-refractivity contribution < 1.29 is 9.18 Å². The third-order valence-corrected chi connectivity index (χ3v) is 3.85. The van der Waals surface area contributed by atoms with Gasteiger partial charge in [0.25, 0.3) is 0 Å². The fourth-order valence-electron chi connectivity index (χ4n) is 2.04. The molecule has 1 nitrogen and oxygen atoms in total. The zero-order valence-electron chi connectivity index (χ0n) is 11.1. The first-order valence-corrected chi connectivity index (χ1v) is 6.88. The number of carbonyl (C=O) groups is 1. The summed E-state index contributed by atoms with van der Waals surface area (Å²) in [5, 5.41) is 0.875. The second kappa shape index (κ2) is 5.94. The van der Waals surface area contributed by atoms with Crippen molar-refractivity contribution in [2.75, 3.05) is 0 Å². The molecule has 0 atom stereocenters. The molecule has 104 valence electrons. The fourth-order valence-corrected chi connectivity index (χ4v) is 2.36. The Morgan fingerprint density at radius 2 is 1.65 bits per heavy atom. The fraction of sp³-hybridized carbons (Fsp3) is 0.188. The van der Waals surface area contributed by atoms with E-state index < -0.39 is 0 Å². The van der Waals surface area contributed by atoms with Crippen LogP contribution in [0.1, 0.15) is 27.0 Å². The number of hydrogen-bond acceptors (Lipinski definition) is 1. The van der Waals surface area contributed by atoms with Crippen LogP contribution >= 0.6 is 23.2 Å². The SMILES string of the molecule is Cc1cc(C(=O)Cc2ccc(Cl)c(Cl)c2)cc(C)c1F. The zero-order chi connectivity index (χ0) is 14.9. The van der Waals surface area contributed by atoms with Crippen LogP contribution in [0.4, 0.5) is 4.39 Å². The molecule has 0 radical (unpaired) electrons. The molecule has 20 heavy (non-hydrogen) atoms. The van der Waals surface area contributed by atoms with Crippen LogP contribution in [0.25, 0.3) is 0 Å². The van der Waals surface area contributed by atoms with E-state index in [0.717, 1.165) is 5.56 Å². The van der Waals surface area contributed by atoms with Crippen molar-refractivity contribution in [2.24, 2.45) is 0 Å². The smallest absolute Gasteiger partial charge is 0.167 e. The largest absolute Gasteiger partial charge is 0.294 e. The second-order valence-corrected chi connectivity index (χ2v) is 5.59. The first-order chi connectivity index (χ1) is 9.38. The van der Waals surface area contributed by atoms with Crippen LogP contribution in [0.3, 0.4) is 0 Å². The maximum absolute atomic E-state index is 13.6. The first-order valence-electron chi connectivity index (χ1n) is 6.12. The molecule has 0 fully saturated rings. The lowest BCUT2D eigenvalue weighted by molar-refractivity contribution is 0.0993. The molecule has 0 aliphatic rings. The van der Waals surface area contributed by atoms with E-state index in [9.17, 15) is 9.18 Å². The van der Waals surface area contributed by atoms with E-state index in [1.165, 1.54) is 0 Å². The van der Waals surface area contributed by atoms with Gasteiger partial charge in [-0.2, -0.15) is 0 Å². The predicted molar refractivity (Wildman–Crippen MR) is 80.4 cm³/mol. The highest BCUT2D eigenvalue weighted by Gasteiger charge is 2.12. The van der Waals surface area contributed by atoms with Crippen molar-refractivity contribution in [3.05, 3.63) is 68.4 Å². The van der Waals surface area contributed by atoms with Crippen LogP contribution < -0.4 is 0 Å². The van der Waals surface area contributed by atoms with E-state index in [4.69, 9.17) is 23.2 Å². The van der Waals surface area contributed by atoms with Crippen molar-refractivity contribution in [3.63, 3.8) is 0 Å². The van der Waals surface area contributed by atoms with Crippen LogP contribution in [0.15, 0.2) is 30.3 Å². The maximum Gasteiger partial charge on any atom is 0.167 e. The second-order valence-electron chi connectivity index (χ2n) is 4.77. The van der Waals surface area contributed by atoms with Crippen LogP contribution in [-0.4, -0.2) is 5.78 Å². The topological polar surface area (TPSA) is 17.1 Å². The molecule has 0 amide bonds. The number of halogens is 3. The maximum atomic E-state index is 13.6. The van der Waals surface area contributed by atoms with Crippen LogP contribution in [0.5, 0.6) is 0 Å². The number of rotatable bonds is 3. The molecule has 4 heteroatoms. The highest BCUT2D eigenvalue weighted by molar-refractivity contribution is 6.42. The molecule has 0 aromatic heterocycles. The van der Waals surface area contributed by atoms with Crippen LogP contribution in [0, 0.1) is 19.7 Å². The molecular weight excluding hydrogens is 298 g/mol. The van der Waals surface area contributed by atoms with Gasteiger partial charge in [-0.3, -0.25) is 4.79 Å². The van der Waals surface area contributed by atoms with Crippen LogP contribution in [-0.2, 0) is 6.42 Å². The van der Waals surface area contributed by atoms with E-state index in [2.05, 4.69) is 0 Å². The lowest BCUT2D eigenvalue weighted by atomic mass is 9.99. The van der Waals surface area contributed by atoms with Crippen molar-refractivity contribution >= 4 is 29.0 Å². The van der Waals surface area contributed by atoms with Gasteiger partial charge in [0.1, 0.15) is 5.82 Å². The minimum Gasteiger partial charge on any atom is -0.294 e. The van der Waals surface area contributed by atoms with E-state index in [1.807, 2.05) is 0 Å². The molecule has 2 aromatic rings. The van der Waals surface area contributed by atoms with Gasteiger partial charge in [0.05, 0.1) is 10.0 Å². The summed E-state index contributed by atoms with van der Waals surface area (Å²) in [6, 6.07) is 8.23. The average Bonchev–Trinajstić information content (AvgIpc) is 2.39. The van der Waals surface area contributed by atoms with Crippen molar-refractivity contribution in [2.45, 2.75) is 20.3 Å². The minimum atomic E-state index is -0.268. The van der Waals surface area contributed by atoms with Gasteiger partial charge in [-0.1, -0.05) is 29.3 Å². The Balaban J connectivity index is 2.26. The normalized spacial score (nSPS) is 10.7. The lowest BCUT2D eigenvalue weighted by Crippen LogP contribution is -2.05. The van der Waals surface area contributed by atoms with Gasteiger partial charge in [-0.05, 0) is 54.8 Å². The summed E-state index contributed by atoms with van der Waals surface area (Å²) in [7, 11) is 0. The van der Waals surface area contributed by atoms with Gasteiger partial charge < -0.3 is 0 Å². The molecule has 0 heterocycles. The van der Waals surface area contributed by atoms with E-state index >= 15 is 0 Å². The summed E-state index contributed by atoms with van der Waals surface area (Å²) < 4.78 is 13.6. The highest BCUT2D eigenvalue weighted by atomic mass is 35.5. The van der Waals surface area contributed by atoms with Gasteiger partial charge in [0.2, 0.25) is 0 Å². The van der Waals surface area contributed by atoms with E-state index in [1.54, 1.807) is 44.2 Å². The van der Waals surface area contributed by atoms with Gasteiger partial charge in [-0.15, -0.1) is 0 Å². The number of hydrogen-bond donors (Lipinski definition) is 0. The minimum absolute atomic E-state index is 0.0745. The van der Waals surface area contributed by atoms with Gasteiger partial charge in [0.15, 0.2) is 5.78 Å². The van der Waals surface area contributed by atoms with Crippen molar-refractivity contribution in [1.82, 2.24) is 0 Å². The summed E-state index contributed by atoms with van der Waals surface area (Å²) in [5.41, 5.74) is 2.24. The molecule has 0 aliphatic carbocycles.